The number of hydrogen-bond donors (Lipinski definition) is 1. The standard InChI is InChI=1S/C6H11N.ClH/c7-6-4-2-1-3-5-6;/h7H,1-5H2;1H. The zero-order chi connectivity index (χ0) is 5.11. The summed E-state index contributed by atoms with van der Waals surface area (Å²) in [6, 6.07) is 0. The van der Waals surface area contributed by atoms with E-state index in [9.17, 15) is 0 Å². The normalized spacial score (nSPS) is 19.8. The lowest BCUT2D eigenvalue weighted by Gasteiger charge is -2.08. The minimum atomic E-state index is 0. The van der Waals surface area contributed by atoms with Gasteiger partial charge in [0.1, 0.15) is 0 Å². The van der Waals surface area contributed by atoms with E-state index in [1.165, 1.54) is 19.3 Å². The van der Waals surface area contributed by atoms with Gasteiger partial charge < -0.3 is 5.41 Å². The first-order chi connectivity index (χ1) is 3.39. The Morgan fingerprint density at radius 1 is 1.00 bits per heavy atom. The van der Waals surface area contributed by atoms with Gasteiger partial charge in [-0.1, -0.05) is 6.42 Å². The molecule has 0 bridgehead atoms. The Balaban J connectivity index is 0.000000490. The summed E-state index contributed by atoms with van der Waals surface area (Å²) in [4.78, 5) is 0. The van der Waals surface area contributed by atoms with Gasteiger partial charge in [-0.2, -0.15) is 0 Å². The molecule has 0 spiro atoms. The highest BCUT2D eigenvalue weighted by Gasteiger charge is 2.02. The number of nitrogens with one attached hydrogen (secondary N) is 1. The molecule has 0 radical (unpaired) electrons. The predicted octanol–water partition coefficient (Wildman–Crippen LogP) is 2.39. The van der Waals surface area contributed by atoms with Crippen molar-refractivity contribution in [1.82, 2.24) is 0 Å². The lowest BCUT2D eigenvalue weighted by atomic mass is 9.99. The summed E-state index contributed by atoms with van der Waals surface area (Å²) in [6.45, 7) is 0. The highest BCUT2D eigenvalue weighted by molar-refractivity contribution is 5.85. The summed E-state index contributed by atoms with van der Waals surface area (Å²) in [5.74, 6) is 0. The Morgan fingerprint density at radius 3 is 1.75 bits per heavy atom. The van der Waals surface area contributed by atoms with E-state index in [0.29, 0.717) is 0 Å². The summed E-state index contributed by atoms with van der Waals surface area (Å²) in [7, 11) is 0. The molecular weight excluding hydrogens is 122 g/mol. The molecule has 2 heteroatoms. The molecule has 1 fully saturated rings. The molecule has 1 rings (SSSR count). The first-order valence-corrected chi connectivity index (χ1v) is 2.96. The van der Waals surface area contributed by atoms with E-state index in [1.54, 1.807) is 0 Å². The van der Waals surface area contributed by atoms with E-state index in [1.807, 2.05) is 0 Å². The van der Waals surface area contributed by atoms with Gasteiger partial charge in [-0.15, -0.1) is 12.4 Å². The second-order valence-corrected chi connectivity index (χ2v) is 2.16. The van der Waals surface area contributed by atoms with Crippen LogP contribution in [0.2, 0.25) is 0 Å². The van der Waals surface area contributed by atoms with Crippen LogP contribution in [0.3, 0.4) is 0 Å². The third-order valence-corrected chi connectivity index (χ3v) is 1.46. The van der Waals surface area contributed by atoms with E-state index < -0.39 is 0 Å². The van der Waals surface area contributed by atoms with Crippen molar-refractivity contribution in [3.63, 3.8) is 0 Å². The number of hydrogen-bond acceptors (Lipinski definition) is 1. The fraction of sp³-hybridized carbons (Fsp3) is 0.833. The Morgan fingerprint density at radius 2 is 1.50 bits per heavy atom. The summed E-state index contributed by atoms with van der Waals surface area (Å²) < 4.78 is 0. The Hall–Kier alpha value is -0.0400. The van der Waals surface area contributed by atoms with Gasteiger partial charge in [0.15, 0.2) is 0 Å². The van der Waals surface area contributed by atoms with Crippen molar-refractivity contribution in [2.24, 2.45) is 0 Å². The van der Waals surface area contributed by atoms with Crippen LogP contribution >= 0.6 is 12.4 Å². The van der Waals surface area contributed by atoms with Crippen molar-refractivity contribution in [3.05, 3.63) is 0 Å². The van der Waals surface area contributed by atoms with Gasteiger partial charge in [0.05, 0.1) is 0 Å². The summed E-state index contributed by atoms with van der Waals surface area (Å²) in [6.07, 6.45) is 6.01. The van der Waals surface area contributed by atoms with Gasteiger partial charge in [0, 0.05) is 5.71 Å². The Kier molecular flexibility index (Phi) is 3.88. The van der Waals surface area contributed by atoms with E-state index in [4.69, 9.17) is 5.41 Å². The summed E-state index contributed by atoms with van der Waals surface area (Å²) >= 11 is 0. The molecule has 0 unspecified atom stereocenters. The lowest BCUT2D eigenvalue weighted by molar-refractivity contribution is 0.663. The average Bonchev–Trinajstić information content (AvgIpc) is 1.69. The first-order valence-electron chi connectivity index (χ1n) is 2.96. The second-order valence-electron chi connectivity index (χ2n) is 2.16. The van der Waals surface area contributed by atoms with Gasteiger partial charge in [-0.25, -0.2) is 0 Å². The lowest BCUT2D eigenvalue weighted by Crippen LogP contribution is -2.01. The fourth-order valence-corrected chi connectivity index (χ4v) is 0.979. The molecule has 0 aromatic carbocycles. The Bertz CT molecular complexity index is 72.6. The van der Waals surface area contributed by atoms with Crippen molar-refractivity contribution in [1.29, 1.82) is 5.41 Å². The van der Waals surface area contributed by atoms with Gasteiger partial charge in [-0.05, 0) is 25.7 Å². The van der Waals surface area contributed by atoms with Crippen LogP contribution in [-0.2, 0) is 0 Å². The molecule has 1 aliphatic rings. The molecule has 0 saturated heterocycles. The summed E-state index contributed by atoms with van der Waals surface area (Å²) in [5.41, 5.74) is 0.964. The van der Waals surface area contributed by atoms with Crippen molar-refractivity contribution in [2.75, 3.05) is 0 Å². The fourth-order valence-electron chi connectivity index (χ4n) is 0.979. The third-order valence-electron chi connectivity index (χ3n) is 1.46. The highest BCUT2D eigenvalue weighted by Crippen LogP contribution is 2.12. The molecule has 1 nitrogen and oxygen atoms in total. The van der Waals surface area contributed by atoms with Gasteiger partial charge in [0.2, 0.25) is 0 Å². The van der Waals surface area contributed by atoms with Crippen molar-refractivity contribution < 1.29 is 0 Å². The maximum atomic E-state index is 7.19. The molecule has 48 valence electrons. The molecule has 0 aromatic rings. The molecule has 0 heterocycles. The number of halogens is 1. The van der Waals surface area contributed by atoms with E-state index >= 15 is 0 Å². The van der Waals surface area contributed by atoms with Crippen LogP contribution in [0.1, 0.15) is 32.1 Å². The molecule has 0 amide bonds. The van der Waals surface area contributed by atoms with Crippen molar-refractivity contribution in [3.8, 4) is 0 Å². The molecule has 1 N–H and O–H groups in total. The molecule has 1 aliphatic carbocycles. The Labute approximate surface area is 56.4 Å². The van der Waals surface area contributed by atoms with E-state index in [0.717, 1.165) is 18.6 Å². The van der Waals surface area contributed by atoms with Crippen LogP contribution < -0.4 is 0 Å². The van der Waals surface area contributed by atoms with Gasteiger partial charge in [-0.3, -0.25) is 0 Å². The molecule has 0 atom stereocenters. The zero-order valence-electron chi connectivity index (χ0n) is 4.94. The highest BCUT2D eigenvalue weighted by atomic mass is 35.5. The van der Waals surface area contributed by atoms with E-state index in [-0.39, 0.29) is 12.4 Å². The third kappa shape index (κ3) is 2.31. The molecule has 0 aromatic heterocycles. The molecule has 0 aliphatic heterocycles. The smallest absolute Gasteiger partial charge is 0.00891 e. The zero-order valence-corrected chi connectivity index (χ0v) is 5.76. The summed E-state index contributed by atoms with van der Waals surface area (Å²) in [5, 5.41) is 7.19. The van der Waals surface area contributed by atoms with Crippen LogP contribution in [0.5, 0.6) is 0 Å². The SMILES string of the molecule is Cl.N=C1CCCCC1. The average molecular weight is 134 g/mol. The minimum absolute atomic E-state index is 0. The second kappa shape index (κ2) is 3.90. The maximum absolute atomic E-state index is 7.19. The van der Waals surface area contributed by atoms with Crippen molar-refractivity contribution in [2.45, 2.75) is 32.1 Å². The maximum Gasteiger partial charge on any atom is 0.00891 e. The number of rotatable bonds is 0. The minimum Gasteiger partial charge on any atom is -0.310 e. The topological polar surface area (TPSA) is 23.9 Å². The first kappa shape index (κ1) is 7.96. The molecule has 1 saturated carbocycles. The van der Waals surface area contributed by atoms with Crippen LogP contribution in [0.4, 0.5) is 0 Å². The van der Waals surface area contributed by atoms with Crippen LogP contribution in [-0.4, -0.2) is 5.71 Å². The van der Waals surface area contributed by atoms with Gasteiger partial charge >= 0.3 is 0 Å². The largest absolute Gasteiger partial charge is 0.310 e. The van der Waals surface area contributed by atoms with Crippen LogP contribution in [0, 0.1) is 5.41 Å². The van der Waals surface area contributed by atoms with E-state index in [2.05, 4.69) is 0 Å². The molecule has 8 heavy (non-hydrogen) atoms. The monoisotopic (exact) mass is 133 g/mol. The quantitative estimate of drug-likeness (QED) is 0.525. The molecular formula is C6H12ClN. The van der Waals surface area contributed by atoms with Gasteiger partial charge in [0.25, 0.3) is 0 Å². The van der Waals surface area contributed by atoms with Crippen LogP contribution in [0.15, 0.2) is 0 Å². The van der Waals surface area contributed by atoms with Crippen LogP contribution in [0.25, 0.3) is 0 Å². The predicted molar refractivity (Wildman–Crippen MR) is 38.1 cm³/mol. The van der Waals surface area contributed by atoms with Crippen molar-refractivity contribution >= 4 is 18.1 Å².